The quantitative estimate of drug-likeness (QED) is 0.678. The van der Waals surface area contributed by atoms with Gasteiger partial charge in [0.25, 0.3) is 0 Å². The third kappa shape index (κ3) is 2.39. The van der Waals surface area contributed by atoms with E-state index in [2.05, 4.69) is 0 Å². The van der Waals surface area contributed by atoms with Gasteiger partial charge in [-0.1, -0.05) is 30.3 Å². The number of aryl methyl sites for hydroxylation is 2. The summed E-state index contributed by atoms with van der Waals surface area (Å²) in [6, 6.07) is 9.70. The molecule has 0 spiro atoms. The molecule has 18 heavy (non-hydrogen) atoms. The maximum atomic E-state index is 14.0. The summed E-state index contributed by atoms with van der Waals surface area (Å²) in [6.07, 6.45) is 0. The van der Waals surface area contributed by atoms with Crippen LogP contribution in [-0.2, 0) is 0 Å². The van der Waals surface area contributed by atoms with E-state index in [-0.39, 0.29) is 11.6 Å². The number of hydrogen-bond donors (Lipinski definition) is 0. The number of benzene rings is 2. The highest BCUT2D eigenvalue weighted by Crippen LogP contribution is 2.32. The van der Waals surface area contributed by atoms with E-state index in [0.29, 0.717) is 22.3 Å². The van der Waals surface area contributed by atoms with E-state index >= 15 is 0 Å². The topological polar surface area (TPSA) is 0 Å². The van der Waals surface area contributed by atoms with Crippen LogP contribution in [0.4, 0.5) is 8.78 Å². The Morgan fingerprint density at radius 1 is 1.00 bits per heavy atom. The molecule has 0 heterocycles. The molecule has 0 saturated heterocycles. The summed E-state index contributed by atoms with van der Waals surface area (Å²) in [5.74, 6) is -0.591. The van der Waals surface area contributed by atoms with Crippen molar-refractivity contribution < 1.29 is 8.78 Å². The molecule has 1 atom stereocenters. The third-order valence-electron chi connectivity index (χ3n) is 2.97. The summed E-state index contributed by atoms with van der Waals surface area (Å²) in [4.78, 5) is 0. The van der Waals surface area contributed by atoms with Crippen LogP contribution in [0.2, 0.25) is 0 Å². The molecule has 0 fully saturated rings. The fourth-order valence-electron chi connectivity index (χ4n) is 1.87. The predicted molar refractivity (Wildman–Crippen MR) is 70.0 cm³/mol. The lowest BCUT2D eigenvalue weighted by Gasteiger charge is -2.13. The fourth-order valence-corrected chi connectivity index (χ4v) is 2.18. The van der Waals surface area contributed by atoms with E-state index in [1.807, 2.05) is 0 Å². The minimum Gasteiger partial charge on any atom is -0.207 e. The first kappa shape index (κ1) is 13.0. The van der Waals surface area contributed by atoms with Crippen LogP contribution in [0.5, 0.6) is 0 Å². The average molecular weight is 267 g/mol. The Labute approximate surface area is 110 Å². The second kappa shape index (κ2) is 5.07. The van der Waals surface area contributed by atoms with Crippen molar-refractivity contribution in [2.24, 2.45) is 0 Å². The maximum Gasteiger partial charge on any atom is 0.131 e. The van der Waals surface area contributed by atoms with Crippen LogP contribution in [0.15, 0.2) is 36.4 Å². The van der Waals surface area contributed by atoms with Crippen LogP contribution in [0.3, 0.4) is 0 Å². The fraction of sp³-hybridized carbons (Fsp3) is 0.200. The lowest BCUT2D eigenvalue weighted by Crippen LogP contribution is -1.99. The Morgan fingerprint density at radius 2 is 1.72 bits per heavy atom. The van der Waals surface area contributed by atoms with Gasteiger partial charge in [0.2, 0.25) is 0 Å². The molecular formula is C15H13ClF2. The number of halogens is 3. The van der Waals surface area contributed by atoms with Crippen molar-refractivity contribution >= 4 is 11.6 Å². The van der Waals surface area contributed by atoms with Crippen molar-refractivity contribution in [3.05, 3.63) is 70.3 Å². The Balaban J connectivity index is 2.44. The van der Waals surface area contributed by atoms with Crippen LogP contribution in [0.25, 0.3) is 0 Å². The van der Waals surface area contributed by atoms with Gasteiger partial charge in [0, 0.05) is 5.56 Å². The standard InChI is InChI=1S/C15H13ClF2/c1-9-4-3-5-12(15(9)18)14(16)11-6-7-13(17)10(2)8-11/h3-8,14H,1-2H3. The molecule has 0 aliphatic rings. The summed E-state index contributed by atoms with van der Waals surface area (Å²) >= 11 is 6.27. The minimum absolute atomic E-state index is 0.285. The van der Waals surface area contributed by atoms with Crippen molar-refractivity contribution in [3.8, 4) is 0 Å². The van der Waals surface area contributed by atoms with E-state index in [0.717, 1.165) is 0 Å². The summed E-state index contributed by atoms with van der Waals surface area (Å²) in [5.41, 5.74) is 2.17. The van der Waals surface area contributed by atoms with Gasteiger partial charge >= 0.3 is 0 Å². The Hall–Kier alpha value is -1.41. The largest absolute Gasteiger partial charge is 0.207 e. The molecule has 0 saturated carbocycles. The van der Waals surface area contributed by atoms with E-state index < -0.39 is 5.38 Å². The van der Waals surface area contributed by atoms with Crippen LogP contribution in [0, 0.1) is 25.5 Å². The SMILES string of the molecule is Cc1cc(C(Cl)c2cccc(C)c2F)ccc1F. The molecule has 3 heteroatoms. The van der Waals surface area contributed by atoms with Crippen molar-refractivity contribution in [1.82, 2.24) is 0 Å². The van der Waals surface area contributed by atoms with Gasteiger partial charge in [-0.25, -0.2) is 8.78 Å². The van der Waals surface area contributed by atoms with Gasteiger partial charge in [-0.05, 0) is 36.6 Å². The van der Waals surface area contributed by atoms with Crippen LogP contribution >= 0.6 is 11.6 Å². The highest BCUT2D eigenvalue weighted by Gasteiger charge is 2.17. The van der Waals surface area contributed by atoms with Crippen LogP contribution < -0.4 is 0 Å². The molecule has 2 aromatic carbocycles. The summed E-state index contributed by atoms with van der Waals surface area (Å²) in [6.45, 7) is 3.35. The lowest BCUT2D eigenvalue weighted by molar-refractivity contribution is 0.602. The molecule has 0 nitrogen and oxygen atoms in total. The van der Waals surface area contributed by atoms with Gasteiger partial charge < -0.3 is 0 Å². The molecule has 0 aliphatic carbocycles. The van der Waals surface area contributed by atoms with E-state index in [4.69, 9.17) is 11.6 Å². The van der Waals surface area contributed by atoms with Crippen LogP contribution in [-0.4, -0.2) is 0 Å². The van der Waals surface area contributed by atoms with Gasteiger partial charge in [-0.3, -0.25) is 0 Å². The molecular weight excluding hydrogens is 254 g/mol. The maximum absolute atomic E-state index is 14.0. The van der Waals surface area contributed by atoms with E-state index in [9.17, 15) is 8.78 Å². The second-order valence-corrected chi connectivity index (χ2v) is 4.79. The zero-order valence-corrected chi connectivity index (χ0v) is 10.9. The highest BCUT2D eigenvalue weighted by atomic mass is 35.5. The normalized spacial score (nSPS) is 12.5. The first-order chi connectivity index (χ1) is 8.50. The number of alkyl halides is 1. The first-order valence-corrected chi connectivity index (χ1v) is 6.09. The number of rotatable bonds is 2. The summed E-state index contributed by atoms with van der Waals surface area (Å²) in [7, 11) is 0. The molecule has 0 radical (unpaired) electrons. The lowest BCUT2D eigenvalue weighted by atomic mass is 10.0. The molecule has 0 aromatic heterocycles. The molecule has 0 bridgehead atoms. The molecule has 0 aliphatic heterocycles. The van der Waals surface area contributed by atoms with Crippen LogP contribution in [0.1, 0.15) is 27.6 Å². The summed E-state index contributed by atoms with van der Waals surface area (Å²) < 4.78 is 27.1. The Bertz CT molecular complexity index is 579. The number of hydrogen-bond acceptors (Lipinski definition) is 0. The summed E-state index contributed by atoms with van der Waals surface area (Å²) in [5, 5.41) is -0.607. The van der Waals surface area contributed by atoms with Gasteiger partial charge in [-0.15, -0.1) is 11.6 Å². The monoisotopic (exact) mass is 266 g/mol. The molecule has 0 amide bonds. The zero-order valence-electron chi connectivity index (χ0n) is 10.2. The van der Waals surface area contributed by atoms with Gasteiger partial charge in [0.15, 0.2) is 0 Å². The van der Waals surface area contributed by atoms with Gasteiger partial charge in [-0.2, -0.15) is 0 Å². The van der Waals surface area contributed by atoms with Crippen molar-refractivity contribution in [2.75, 3.05) is 0 Å². The van der Waals surface area contributed by atoms with E-state index in [1.54, 1.807) is 44.2 Å². The van der Waals surface area contributed by atoms with Crippen molar-refractivity contribution in [3.63, 3.8) is 0 Å². The molecule has 2 aromatic rings. The minimum atomic E-state index is -0.607. The molecule has 94 valence electrons. The van der Waals surface area contributed by atoms with E-state index in [1.165, 1.54) is 6.07 Å². The van der Waals surface area contributed by atoms with Crippen molar-refractivity contribution in [1.29, 1.82) is 0 Å². The highest BCUT2D eigenvalue weighted by molar-refractivity contribution is 6.22. The zero-order chi connectivity index (χ0) is 13.3. The molecule has 0 N–H and O–H groups in total. The second-order valence-electron chi connectivity index (χ2n) is 4.35. The third-order valence-corrected chi connectivity index (χ3v) is 3.46. The Morgan fingerprint density at radius 3 is 2.39 bits per heavy atom. The van der Waals surface area contributed by atoms with Gasteiger partial charge in [0.05, 0.1) is 5.38 Å². The molecule has 1 unspecified atom stereocenters. The first-order valence-electron chi connectivity index (χ1n) is 5.66. The Kier molecular flexibility index (Phi) is 3.67. The van der Waals surface area contributed by atoms with Gasteiger partial charge in [0.1, 0.15) is 11.6 Å². The average Bonchev–Trinajstić information content (AvgIpc) is 2.35. The van der Waals surface area contributed by atoms with Crippen molar-refractivity contribution in [2.45, 2.75) is 19.2 Å². The smallest absolute Gasteiger partial charge is 0.131 e. The molecule has 2 rings (SSSR count). The predicted octanol–water partition coefficient (Wildman–Crippen LogP) is 4.91.